The summed E-state index contributed by atoms with van der Waals surface area (Å²) in [6, 6.07) is 3.68. The Kier molecular flexibility index (Phi) is 1.74. The van der Waals surface area contributed by atoms with Crippen LogP contribution >= 0.6 is 23.2 Å². The number of halogens is 2. The number of aromatic nitrogens is 2. The molecule has 1 heterocycles. The van der Waals surface area contributed by atoms with Crippen molar-refractivity contribution in [2.24, 2.45) is 0 Å². The third-order valence-corrected chi connectivity index (χ3v) is 2.60. The minimum atomic E-state index is 0.513. The van der Waals surface area contributed by atoms with E-state index < -0.39 is 0 Å². The second kappa shape index (κ2) is 2.64. The van der Waals surface area contributed by atoms with Gasteiger partial charge in [-0.2, -0.15) is 5.10 Å². The molecule has 0 amide bonds. The molecule has 0 aliphatic rings. The Morgan fingerprint density at radius 2 is 2.08 bits per heavy atom. The molecule has 0 radical (unpaired) electrons. The Labute approximate surface area is 79.5 Å². The van der Waals surface area contributed by atoms with Gasteiger partial charge in [-0.05, 0) is 19.1 Å². The lowest BCUT2D eigenvalue weighted by atomic mass is 10.2. The molecule has 0 saturated carbocycles. The predicted molar refractivity (Wildman–Crippen MR) is 50.9 cm³/mol. The monoisotopic (exact) mass is 200 g/mol. The molecule has 4 heteroatoms. The van der Waals surface area contributed by atoms with Crippen LogP contribution in [0.5, 0.6) is 0 Å². The van der Waals surface area contributed by atoms with E-state index in [1.165, 1.54) is 0 Å². The third kappa shape index (κ3) is 0.993. The average molecular weight is 201 g/mol. The van der Waals surface area contributed by atoms with Gasteiger partial charge in [-0.15, -0.1) is 0 Å². The van der Waals surface area contributed by atoms with E-state index in [1.807, 2.05) is 13.0 Å². The number of fused-ring (bicyclic) bond motifs is 1. The van der Waals surface area contributed by atoms with Crippen molar-refractivity contribution >= 4 is 34.1 Å². The maximum atomic E-state index is 5.92. The number of nitrogens with one attached hydrogen (secondary N) is 1. The van der Waals surface area contributed by atoms with E-state index in [2.05, 4.69) is 10.2 Å². The molecule has 0 aliphatic heterocycles. The quantitative estimate of drug-likeness (QED) is 0.696. The first-order valence-corrected chi connectivity index (χ1v) is 4.24. The van der Waals surface area contributed by atoms with Crippen molar-refractivity contribution in [2.45, 2.75) is 6.92 Å². The van der Waals surface area contributed by atoms with Gasteiger partial charge in [0.05, 0.1) is 10.0 Å². The molecule has 1 aromatic heterocycles. The Bertz CT molecular complexity index is 434. The van der Waals surface area contributed by atoms with Crippen molar-refractivity contribution in [1.82, 2.24) is 10.2 Å². The number of H-pyrrole nitrogens is 1. The largest absolute Gasteiger partial charge is 0.282 e. The van der Waals surface area contributed by atoms with Crippen LogP contribution in [0, 0.1) is 6.92 Å². The lowest BCUT2D eigenvalue weighted by Gasteiger charge is -1.94. The highest BCUT2D eigenvalue weighted by Crippen LogP contribution is 2.30. The smallest absolute Gasteiger partial charge is 0.112 e. The third-order valence-electron chi connectivity index (χ3n) is 1.81. The highest BCUT2D eigenvalue weighted by molar-refractivity contribution is 6.45. The molecular weight excluding hydrogens is 195 g/mol. The molecule has 2 rings (SSSR count). The zero-order chi connectivity index (χ0) is 8.72. The van der Waals surface area contributed by atoms with Gasteiger partial charge in [-0.25, -0.2) is 0 Å². The maximum Gasteiger partial charge on any atom is 0.112 e. The SMILES string of the molecule is Cc1[nH]nc2c(Cl)c(Cl)ccc12. The van der Waals surface area contributed by atoms with E-state index in [4.69, 9.17) is 23.2 Å². The fourth-order valence-corrected chi connectivity index (χ4v) is 1.51. The van der Waals surface area contributed by atoms with Gasteiger partial charge >= 0.3 is 0 Å². The molecule has 0 aliphatic carbocycles. The van der Waals surface area contributed by atoms with E-state index in [9.17, 15) is 0 Å². The van der Waals surface area contributed by atoms with E-state index in [0.29, 0.717) is 10.0 Å². The summed E-state index contributed by atoms with van der Waals surface area (Å²) in [5.74, 6) is 0. The Morgan fingerprint density at radius 3 is 2.83 bits per heavy atom. The number of hydrogen-bond acceptors (Lipinski definition) is 1. The number of aromatic amines is 1. The second-order valence-corrected chi connectivity index (χ2v) is 3.39. The van der Waals surface area contributed by atoms with Crippen molar-refractivity contribution in [3.63, 3.8) is 0 Å². The minimum absolute atomic E-state index is 0.513. The van der Waals surface area contributed by atoms with Crippen LogP contribution in [-0.4, -0.2) is 10.2 Å². The van der Waals surface area contributed by atoms with E-state index >= 15 is 0 Å². The number of rotatable bonds is 0. The number of benzene rings is 1. The topological polar surface area (TPSA) is 28.7 Å². The van der Waals surface area contributed by atoms with E-state index in [0.717, 1.165) is 16.6 Å². The van der Waals surface area contributed by atoms with Crippen molar-refractivity contribution in [3.8, 4) is 0 Å². The first kappa shape index (κ1) is 7.90. The van der Waals surface area contributed by atoms with Crippen LogP contribution < -0.4 is 0 Å². The fraction of sp³-hybridized carbons (Fsp3) is 0.125. The van der Waals surface area contributed by atoms with E-state index in [-0.39, 0.29) is 0 Å². The van der Waals surface area contributed by atoms with Gasteiger partial charge in [-0.1, -0.05) is 23.2 Å². The van der Waals surface area contributed by atoms with Crippen molar-refractivity contribution in [3.05, 3.63) is 27.9 Å². The molecule has 0 atom stereocenters. The van der Waals surface area contributed by atoms with E-state index in [1.54, 1.807) is 6.07 Å². The van der Waals surface area contributed by atoms with Gasteiger partial charge in [0.2, 0.25) is 0 Å². The molecular formula is C8H6Cl2N2. The molecule has 2 aromatic rings. The summed E-state index contributed by atoms with van der Waals surface area (Å²) in [5, 5.41) is 8.96. The first-order valence-electron chi connectivity index (χ1n) is 3.49. The maximum absolute atomic E-state index is 5.92. The molecule has 0 spiro atoms. The van der Waals surface area contributed by atoms with Crippen LogP contribution in [0.25, 0.3) is 10.9 Å². The van der Waals surface area contributed by atoms with Gasteiger partial charge < -0.3 is 0 Å². The zero-order valence-corrected chi connectivity index (χ0v) is 7.87. The highest BCUT2D eigenvalue weighted by atomic mass is 35.5. The van der Waals surface area contributed by atoms with Gasteiger partial charge in [0.1, 0.15) is 5.52 Å². The standard InChI is InChI=1S/C8H6Cl2N2/c1-4-5-2-3-6(9)7(10)8(5)12-11-4/h2-3H,1H3,(H,11,12). The Morgan fingerprint density at radius 1 is 1.33 bits per heavy atom. The lowest BCUT2D eigenvalue weighted by Crippen LogP contribution is -1.72. The predicted octanol–water partition coefficient (Wildman–Crippen LogP) is 3.18. The summed E-state index contributed by atoms with van der Waals surface area (Å²) in [4.78, 5) is 0. The Hall–Kier alpha value is -0.730. The number of hydrogen-bond donors (Lipinski definition) is 1. The van der Waals surface area contributed by atoms with Gasteiger partial charge in [0, 0.05) is 11.1 Å². The van der Waals surface area contributed by atoms with Crippen molar-refractivity contribution in [2.75, 3.05) is 0 Å². The average Bonchev–Trinajstić information content (AvgIpc) is 2.41. The molecule has 12 heavy (non-hydrogen) atoms. The highest BCUT2D eigenvalue weighted by Gasteiger charge is 2.07. The zero-order valence-electron chi connectivity index (χ0n) is 6.36. The first-order chi connectivity index (χ1) is 5.70. The van der Waals surface area contributed by atoms with Crippen LogP contribution in [0.3, 0.4) is 0 Å². The Balaban J connectivity index is 2.93. The molecule has 2 nitrogen and oxygen atoms in total. The molecule has 1 aromatic carbocycles. The number of aryl methyl sites for hydroxylation is 1. The molecule has 0 unspecified atom stereocenters. The van der Waals surface area contributed by atoms with Crippen LogP contribution in [-0.2, 0) is 0 Å². The molecule has 62 valence electrons. The van der Waals surface area contributed by atoms with Crippen LogP contribution in [0.15, 0.2) is 12.1 Å². The van der Waals surface area contributed by atoms with Crippen molar-refractivity contribution in [1.29, 1.82) is 0 Å². The summed E-state index contributed by atoms with van der Waals surface area (Å²) < 4.78 is 0. The van der Waals surface area contributed by atoms with Crippen molar-refractivity contribution < 1.29 is 0 Å². The fourth-order valence-electron chi connectivity index (χ4n) is 1.15. The van der Waals surface area contributed by atoms with Gasteiger partial charge in [0.15, 0.2) is 0 Å². The summed E-state index contributed by atoms with van der Waals surface area (Å²) in [5.41, 5.74) is 1.74. The molecule has 0 saturated heterocycles. The molecule has 1 N–H and O–H groups in total. The lowest BCUT2D eigenvalue weighted by molar-refractivity contribution is 1.07. The summed E-state index contributed by atoms with van der Waals surface area (Å²) in [6.45, 7) is 1.94. The van der Waals surface area contributed by atoms with Crippen LogP contribution in [0.2, 0.25) is 10.0 Å². The second-order valence-electron chi connectivity index (χ2n) is 2.61. The van der Waals surface area contributed by atoms with Gasteiger partial charge in [0.25, 0.3) is 0 Å². The summed E-state index contributed by atoms with van der Waals surface area (Å²) >= 11 is 11.7. The van der Waals surface area contributed by atoms with Crippen LogP contribution in [0.1, 0.15) is 5.69 Å². The normalized spacial score (nSPS) is 10.9. The number of nitrogens with zero attached hydrogens (tertiary/aromatic N) is 1. The molecule has 0 fully saturated rings. The minimum Gasteiger partial charge on any atom is -0.282 e. The summed E-state index contributed by atoms with van der Waals surface area (Å²) in [7, 11) is 0. The molecule has 0 bridgehead atoms. The summed E-state index contributed by atoms with van der Waals surface area (Å²) in [6.07, 6.45) is 0. The van der Waals surface area contributed by atoms with Crippen LogP contribution in [0.4, 0.5) is 0 Å². The van der Waals surface area contributed by atoms with Gasteiger partial charge in [-0.3, -0.25) is 5.10 Å².